The fraction of sp³-hybridized carbons (Fsp3) is 0.357. The molecule has 8 heteroatoms. The molecule has 1 fully saturated rings. The van der Waals surface area contributed by atoms with Gasteiger partial charge in [-0.3, -0.25) is 19.3 Å². The highest BCUT2D eigenvalue weighted by Gasteiger charge is 2.42. The van der Waals surface area contributed by atoms with Crippen molar-refractivity contribution in [3.8, 4) is 0 Å². The first kappa shape index (κ1) is 16.7. The Morgan fingerprint density at radius 2 is 1.77 bits per heavy atom. The van der Waals surface area contributed by atoms with Gasteiger partial charge in [-0.25, -0.2) is 0 Å². The lowest BCUT2D eigenvalue weighted by molar-refractivity contribution is -0.147. The van der Waals surface area contributed by atoms with Crippen LogP contribution in [0.25, 0.3) is 0 Å². The van der Waals surface area contributed by atoms with Crippen molar-refractivity contribution in [1.82, 2.24) is 4.90 Å². The van der Waals surface area contributed by atoms with Gasteiger partial charge < -0.3 is 9.31 Å². The average molecular weight is 368 g/mol. The summed E-state index contributed by atoms with van der Waals surface area (Å²) in [6.45, 7) is -0.130. The van der Waals surface area contributed by atoms with Gasteiger partial charge in [0.1, 0.15) is 0 Å². The van der Waals surface area contributed by atoms with Crippen molar-refractivity contribution in [3.05, 3.63) is 35.9 Å². The quantitative estimate of drug-likeness (QED) is 0.573. The molecule has 116 valence electrons. The number of carbonyl (C=O) groups excluding carboxylic acids is 3. The minimum absolute atomic E-state index is 0.0650. The molecule has 0 amide bonds. The van der Waals surface area contributed by atoms with Crippen molar-refractivity contribution < 1.29 is 23.7 Å². The Kier molecular flexibility index (Phi) is 5.73. The number of alkyl halides is 1. The Hall–Kier alpha value is -1.67. The highest BCUT2D eigenvalue weighted by atomic mass is 79.9. The minimum atomic E-state index is -1.50. The first-order chi connectivity index (χ1) is 10.5. The number of benzene rings is 1. The molecule has 0 aliphatic carbocycles. The Labute approximate surface area is 137 Å². The zero-order chi connectivity index (χ0) is 16.1. The summed E-state index contributed by atoms with van der Waals surface area (Å²) in [7, 11) is 0.0923. The first-order valence-corrected chi connectivity index (χ1v) is 7.66. The summed E-state index contributed by atoms with van der Waals surface area (Å²) in [5.41, 5.74) is 0.455. The van der Waals surface area contributed by atoms with E-state index in [0.717, 1.165) is 5.56 Å². The second kappa shape index (κ2) is 7.55. The van der Waals surface area contributed by atoms with Crippen LogP contribution < -0.4 is 0 Å². The van der Waals surface area contributed by atoms with Crippen LogP contribution in [0.2, 0.25) is 0 Å². The molecule has 1 aliphatic heterocycles. The van der Waals surface area contributed by atoms with Gasteiger partial charge in [0, 0.05) is 0 Å². The second-order valence-corrected chi connectivity index (χ2v) is 6.15. The zero-order valence-corrected chi connectivity index (χ0v) is 13.6. The van der Waals surface area contributed by atoms with Gasteiger partial charge in [-0.15, -0.1) is 0 Å². The molecule has 0 spiro atoms. The molecule has 1 unspecified atom stereocenters. The van der Waals surface area contributed by atoms with E-state index in [9.17, 15) is 14.4 Å². The predicted octanol–water partition coefficient (Wildman–Crippen LogP) is 0.621. The van der Waals surface area contributed by atoms with Gasteiger partial charge in [0.2, 0.25) is 5.68 Å². The zero-order valence-electron chi connectivity index (χ0n) is 12.0. The molecule has 0 saturated carbocycles. The lowest BCUT2D eigenvalue weighted by Gasteiger charge is -2.22. The number of rotatable bonds is 4. The summed E-state index contributed by atoms with van der Waals surface area (Å²) in [4.78, 5) is 36.4. The number of nitrogens with zero attached hydrogens (tertiary/aromatic N) is 1. The van der Waals surface area contributed by atoms with Gasteiger partial charge in [0.25, 0.3) is 0 Å². The third-order valence-corrected chi connectivity index (χ3v) is 3.85. The van der Waals surface area contributed by atoms with E-state index >= 15 is 0 Å². The Bertz CT molecular complexity index is 548. The minimum Gasteiger partial charge on any atom is -0.492 e. The van der Waals surface area contributed by atoms with Crippen LogP contribution >= 0.6 is 15.9 Å². The molecule has 1 atom stereocenters. The topological polar surface area (TPSA) is 72.9 Å². The van der Waals surface area contributed by atoms with Crippen LogP contribution in [0.1, 0.15) is 5.56 Å². The molecule has 1 saturated heterocycles. The van der Waals surface area contributed by atoms with Gasteiger partial charge in [0.05, 0.1) is 17.9 Å². The maximum absolute atomic E-state index is 12.3. The normalized spacial score (nSPS) is 18.0. The number of likely N-dealkylation sites (N-methyl/N-ethyl adjacent to an activating group) is 1. The summed E-state index contributed by atoms with van der Waals surface area (Å²) >= 11 is 3.27. The smallest absolute Gasteiger partial charge is 0.492 e. The van der Waals surface area contributed by atoms with Crippen LogP contribution in [-0.4, -0.2) is 54.6 Å². The molecule has 2 rings (SSSR count). The van der Waals surface area contributed by atoms with Crippen molar-refractivity contribution in [2.24, 2.45) is 0 Å². The summed E-state index contributed by atoms with van der Waals surface area (Å²) in [6, 6.07) is 9.37. The van der Waals surface area contributed by atoms with Crippen molar-refractivity contribution in [3.63, 3.8) is 0 Å². The summed E-state index contributed by atoms with van der Waals surface area (Å²) in [5.74, 6) is -1.21. The maximum atomic E-state index is 12.3. The standard InChI is InChI=1S/C14H15BBrNO5/c1-17-8-12(18)21-15(22-13(19)9-17)14(20)11(16)7-10-5-3-2-4-6-10/h2-6,11H,7-9H2,1H3. The lowest BCUT2D eigenvalue weighted by atomic mass is 9.79. The van der Waals surface area contributed by atoms with Gasteiger partial charge in [-0.05, 0) is 19.0 Å². The van der Waals surface area contributed by atoms with Crippen LogP contribution in [0, 0.1) is 0 Å². The van der Waals surface area contributed by atoms with E-state index in [1.165, 1.54) is 4.90 Å². The van der Waals surface area contributed by atoms with Gasteiger partial charge in [0.15, 0.2) is 0 Å². The summed E-state index contributed by atoms with van der Waals surface area (Å²) in [5, 5.41) is 0. The van der Waals surface area contributed by atoms with E-state index in [0.29, 0.717) is 6.42 Å². The lowest BCUT2D eigenvalue weighted by Crippen LogP contribution is -2.48. The van der Waals surface area contributed by atoms with E-state index in [-0.39, 0.29) is 13.1 Å². The molecule has 1 aromatic carbocycles. The molecule has 0 bridgehead atoms. The SMILES string of the molecule is CN1CC(=O)OB(C(=O)C(Br)Cc2ccccc2)OC(=O)C1. The molecule has 1 aromatic rings. The van der Waals surface area contributed by atoms with E-state index in [1.54, 1.807) is 7.05 Å². The number of carbonyl (C=O) groups is 3. The van der Waals surface area contributed by atoms with Crippen LogP contribution in [0.3, 0.4) is 0 Å². The van der Waals surface area contributed by atoms with E-state index in [4.69, 9.17) is 9.31 Å². The average Bonchev–Trinajstić information content (AvgIpc) is 2.45. The molecular weight excluding hydrogens is 353 g/mol. The number of halogens is 1. The molecule has 1 heterocycles. The van der Waals surface area contributed by atoms with Gasteiger partial charge in [-0.1, -0.05) is 46.3 Å². The van der Waals surface area contributed by atoms with Crippen molar-refractivity contribution in [2.45, 2.75) is 11.2 Å². The monoisotopic (exact) mass is 367 g/mol. The molecular formula is C14H15BBrNO5. The third kappa shape index (κ3) is 4.67. The fourth-order valence-corrected chi connectivity index (χ4v) is 2.61. The first-order valence-electron chi connectivity index (χ1n) is 6.75. The Morgan fingerprint density at radius 3 is 2.32 bits per heavy atom. The molecule has 0 radical (unpaired) electrons. The van der Waals surface area contributed by atoms with E-state index in [1.807, 2.05) is 30.3 Å². The van der Waals surface area contributed by atoms with Crippen molar-refractivity contribution >= 4 is 40.7 Å². The highest BCUT2D eigenvalue weighted by Crippen LogP contribution is 2.14. The number of hydrogen-bond donors (Lipinski definition) is 0. The second-order valence-electron chi connectivity index (χ2n) is 5.04. The molecule has 0 aromatic heterocycles. The van der Waals surface area contributed by atoms with Crippen LogP contribution in [0.15, 0.2) is 30.3 Å². The molecule has 22 heavy (non-hydrogen) atoms. The van der Waals surface area contributed by atoms with Crippen LogP contribution in [0.5, 0.6) is 0 Å². The van der Waals surface area contributed by atoms with Crippen LogP contribution in [-0.2, 0) is 30.1 Å². The molecule has 6 nitrogen and oxygen atoms in total. The fourth-order valence-electron chi connectivity index (χ4n) is 2.02. The van der Waals surface area contributed by atoms with Crippen molar-refractivity contribution in [2.75, 3.05) is 20.1 Å². The van der Waals surface area contributed by atoms with Gasteiger partial charge in [-0.2, -0.15) is 0 Å². The highest BCUT2D eigenvalue weighted by molar-refractivity contribution is 9.10. The van der Waals surface area contributed by atoms with Crippen molar-refractivity contribution in [1.29, 1.82) is 0 Å². The third-order valence-electron chi connectivity index (χ3n) is 3.07. The molecule has 0 N–H and O–H groups in total. The summed E-state index contributed by atoms with van der Waals surface area (Å²) in [6.07, 6.45) is 0.408. The predicted molar refractivity (Wildman–Crippen MR) is 83.3 cm³/mol. The maximum Gasteiger partial charge on any atom is 0.676 e. The van der Waals surface area contributed by atoms with E-state index < -0.39 is 29.6 Å². The molecule has 1 aliphatic rings. The largest absolute Gasteiger partial charge is 0.676 e. The number of hydrogen-bond acceptors (Lipinski definition) is 6. The Balaban J connectivity index is 2.03. The summed E-state index contributed by atoms with van der Waals surface area (Å²) < 4.78 is 9.90. The Morgan fingerprint density at radius 1 is 1.23 bits per heavy atom. The van der Waals surface area contributed by atoms with Gasteiger partial charge >= 0.3 is 19.1 Å². The van der Waals surface area contributed by atoms with E-state index in [2.05, 4.69) is 15.9 Å². The van der Waals surface area contributed by atoms with Crippen LogP contribution in [0.4, 0.5) is 0 Å².